The van der Waals surface area contributed by atoms with Crippen LogP contribution in [0.2, 0.25) is 10.0 Å². The van der Waals surface area contributed by atoms with Gasteiger partial charge in [0.05, 0.1) is 6.54 Å². The maximum Gasteiger partial charge on any atom is 0.258 e. The average molecular weight is 392 g/mol. The summed E-state index contributed by atoms with van der Waals surface area (Å²) in [4.78, 5) is 16.1. The minimum Gasteiger partial charge on any atom is -0.484 e. The van der Waals surface area contributed by atoms with E-state index in [1.165, 1.54) is 0 Å². The number of nitrogens with one attached hydrogen (secondary N) is 1. The second-order valence-corrected chi connectivity index (χ2v) is 6.34. The van der Waals surface area contributed by atoms with E-state index in [1.54, 1.807) is 42.5 Å². The average Bonchev–Trinajstić information content (AvgIpc) is 3.10. The lowest BCUT2D eigenvalue weighted by Crippen LogP contribution is -2.28. The van der Waals surface area contributed by atoms with Crippen LogP contribution in [0.1, 0.15) is 11.5 Å². The van der Waals surface area contributed by atoms with E-state index >= 15 is 0 Å². The quantitative estimate of drug-likeness (QED) is 0.685. The first kappa shape index (κ1) is 18.2. The topological polar surface area (TPSA) is 77.2 Å². The van der Waals surface area contributed by atoms with Gasteiger partial charge in [-0.3, -0.25) is 4.79 Å². The van der Waals surface area contributed by atoms with E-state index in [9.17, 15) is 4.79 Å². The molecule has 0 fully saturated rings. The SMILES string of the molecule is Cc1cc(OCC(=O)NCc2nc(-c3ccc(Cl)cc3)no2)ccc1Cl. The van der Waals surface area contributed by atoms with E-state index in [0.29, 0.717) is 27.5 Å². The molecule has 0 atom stereocenters. The molecule has 0 aliphatic carbocycles. The largest absolute Gasteiger partial charge is 0.484 e. The molecular formula is C18H15Cl2N3O3. The standard InChI is InChI=1S/C18H15Cl2N3O3/c1-11-8-14(6-7-15(11)20)25-10-16(24)21-9-17-22-18(23-26-17)12-2-4-13(19)5-3-12/h2-8H,9-10H2,1H3,(H,21,24). The van der Waals surface area contributed by atoms with E-state index in [1.807, 2.05) is 6.92 Å². The van der Waals surface area contributed by atoms with Crippen molar-refractivity contribution in [3.05, 3.63) is 64.0 Å². The predicted molar refractivity (Wildman–Crippen MR) is 98.3 cm³/mol. The number of carbonyl (C=O) groups is 1. The fraction of sp³-hybridized carbons (Fsp3) is 0.167. The summed E-state index contributed by atoms with van der Waals surface area (Å²) in [5.74, 6) is 0.998. The van der Waals surface area contributed by atoms with Gasteiger partial charge >= 0.3 is 0 Å². The van der Waals surface area contributed by atoms with Crippen LogP contribution < -0.4 is 10.1 Å². The molecule has 0 spiro atoms. The Morgan fingerprint density at radius 3 is 2.69 bits per heavy atom. The highest BCUT2D eigenvalue weighted by Gasteiger charge is 2.10. The maximum absolute atomic E-state index is 11.9. The molecule has 26 heavy (non-hydrogen) atoms. The Labute approximate surface area is 160 Å². The summed E-state index contributed by atoms with van der Waals surface area (Å²) in [5.41, 5.74) is 1.65. The molecule has 6 nitrogen and oxygen atoms in total. The summed E-state index contributed by atoms with van der Waals surface area (Å²) in [6.07, 6.45) is 0. The molecule has 0 bridgehead atoms. The number of hydrogen-bond acceptors (Lipinski definition) is 5. The van der Waals surface area contributed by atoms with Crippen LogP contribution >= 0.6 is 23.2 Å². The van der Waals surface area contributed by atoms with Gasteiger partial charge in [-0.25, -0.2) is 0 Å². The van der Waals surface area contributed by atoms with Crippen molar-refractivity contribution in [3.8, 4) is 17.1 Å². The van der Waals surface area contributed by atoms with E-state index in [2.05, 4.69) is 15.5 Å². The second-order valence-electron chi connectivity index (χ2n) is 5.50. The van der Waals surface area contributed by atoms with Crippen LogP contribution in [0.25, 0.3) is 11.4 Å². The molecule has 0 radical (unpaired) electrons. The first-order valence-electron chi connectivity index (χ1n) is 7.75. The van der Waals surface area contributed by atoms with Gasteiger partial charge < -0.3 is 14.6 Å². The number of hydrogen-bond donors (Lipinski definition) is 1. The zero-order chi connectivity index (χ0) is 18.5. The third kappa shape index (κ3) is 4.74. The van der Waals surface area contributed by atoms with Crippen molar-refractivity contribution < 1.29 is 14.1 Å². The number of amides is 1. The Morgan fingerprint density at radius 1 is 1.19 bits per heavy atom. The van der Waals surface area contributed by atoms with Crippen LogP contribution in [-0.2, 0) is 11.3 Å². The molecule has 1 amide bonds. The Morgan fingerprint density at radius 2 is 1.96 bits per heavy atom. The molecule has 8 heteroatoms. The normalized spacial score (nSPS) is 10.6. The molecule has 1 N–H and O–H groups in total. The molecule has 0 saturated heterocycles. The third-order valence-corrected chi connectivity index (χ3v) is 4.18. The molecular weight excluding hydrogens is 377 g/mol. The van der Waals surface area contributed by atoms with Gasteiger partial charge in [0, 0.05) is 15.6 Å². The van der Waals surface area contributed by atoms with Crippen LogP contribution in [0.5, 0.6) is 5.75 Å². The first-order valence-corrected chi connectivity index (χ1v) is 8.51. The number of halogens is 2. The highest BCUT2D eigenvalue weighted by molar-refractivity contribution is 6.31. The van der Waals surface area contributed by atoms with Crippen molar-refractivity contribution in [2.24, 2.45) is 0 Å². The van der Waals surface area contributed by atoms with Crippen LogP contribution in [-0.4, -0.2) is 22.7 Å². The summed E-state index contributed by atoms with van der Waals surface area (Å²) in [7, 11) is 0. The minimum atomic E-state index is -0.302. The summed E-state index contributed by atoms with van der Waals surface area (Å²) in [5, 5.41) is 7.82. The Kier molecular flexibility index (Phi) is 5.75. The van der Waals surface area contributed by atoms with Gasteiger partial charge in [0.2, 0.25) is 11.7 Å². The van der Waals surface area contributed by atoms with Gasteiger partial charge in [0.1, 0.15) is 5.75 Å². The molecule has 3 rings (SSSR count). The Balaban J connectivity index is 1.50. The number of carbonyl (C=O) groups excluding carboxylic acids is 1. The number of aromatic nitrogens is 2. The lowest BCUT2D eigenvalue weighted by Gasteiger charge is -2.07. The zero-order valence-electron chi connectivity index (χ0n) is 13.8. The fourth-order valence-electron chi connectivity index (χ4n) is 2.12. The number of benzene rings is 2. The molecule has 1 heterocycles. The number of rotatable bonds is 6. The van der Waals surface area contributed by atoms with E-state index in [4.69, 9.17) is 32.5 Å². The summed E-state index contributed by atoms with van der Waals surface area (Å²) in [6.45, 7) is 1.85. The van der Waals surface area contributed by atoms with Crippen molar-refractivity contribution in [3.63, 3.8) is 0 Å². The summed E-state index contributed by atoms with van der Waals surface area (Å²) < 4.78 is 10.6. The minimum absolute atomic E-state index is 0.114. The fourth-order valence-corrected chi connectivity index (χ4v) is 2.37. The zero-order valence-corrected chi connectivity index (χ0v) is 15.3. The Hall–Kier alpha value is -2.57. The van der Waals surface area contributed by atoms with Crippen molar-refractivity contribution in [1.29, 1.82) is 0 Å². The van der Waals surface area contributed by atoms with Crippen molar-refractivity contribution in [1.82, 2.24) is 15.5 Å². The van der Waals surface area contributed by atoms with Crippen molar-refractivity contribution in [2.45, 2.75) is 13.5 Å². The molecule has 0 saturated carbocycles. The van der Waals surface area contributed by atoms with E-state index in [-0.39, 0.29) is 19.1 Å². The monoisotopic (exact) mass is 391 g/mol. The predicted octanol–water partition coefficient (Wildman–Crippen LogP) is 4.05. The van der Waals surface area contributed by atoms with Gasteiger partial charge in [-0.1, -0.05) is 28.4 Å². The van der Waals surface area contributed by atoms with E-state index < -0.39 is 0 Å². The van der Waals surface area contributed by atoms with Crippen molar-refractivity contribution >= 4 is 29.1 Å². The van der Waals surface area contributed by atoms with Crippen LogP contribution in [0, 0.1) is 6.92 Å². The molecule has 3 aromatic rings. The number of ether oxygens (including phenoxy) is 1. The Bertz CT molecular complexity index is 910. The molecule has 134 valence electrons. The molecule has 0 aliphatic heterocycles. The maximum atomic E-state index is 11.9. The van der Waals surface area contributed by atoms with Gasteiger partial charge in [0.25, 0.3) is 5.91 Å². The van der Waals surface area contributed by atoms with Gasteiger partial charge in [-0.2, -0.15) is 4.98 Å². The molecule has 2 aromatic carbocycles. The van der Waals surface area contributed by atoms with Crippen LogP contribution in [0.3, 0.4) is 0 Å². The van der Waals surface area contributed by atoms with Gasteiger partial charge in [-0.05, 0) is 55.0 Å². The van der Waals surface area contributed by atoms with Gasteiger partial charge in [-0.15, -0.1) is 0 Å². The first-order chi connectivity index (χ1) is 12.5. The third-order valence-electron chi connectivity index (χ3n) is 3.51. The smallest absolute Gasteiger partial charge is 0.258 e. The van der Waals surface area contributed by atoms with Crippen molar-refractivity contribution in [2.75, 3.05) is 6.61 Å². The summed E-state index contributed by atoms with van der Waals surface area (Å²) >= 11 is 11.8. The lowest BCUT2D eigenvalue weighted by molar-refractivity contribution is -0.123. The highest BCUT2D eigenvalue weighted by Crippen LogP contribution is 2.21. The summed E-state index contributed by atoms with van der Waals surface area (Å²) in [6, 6.07) is 12.3. The second kappa shape index (κ2) is 8.21. The number of nitrogens with zero attached hydrogens (tertiary/aromatic N) is 2. The lowest BCUT2D eigenvalue weighted by atomic mass is 10.2. The molecule has 1 aromatic heterocycles. The molecule has 0 unspecified atom stereocenters. The number of aryl methyl sites for hydroxylation is 1. The highest BCUT2D eigenvalue weighted by atomic mass is 35.5. The van der Waals surface area contributed by atoms with Crippen LogP contribution in [0.4, 0.5) is 0 Å². The van der Waals surface area contributed by atoms with Crippen LogP contribution in [0.15, 0.2) is 47.0 Å². The van der Waals surface area contributed by atoms with E-state index in [0.717, 1.165) is 11.1 Å². The molecule has 0 aliphatic rings. The van der Waals surface area contributed by atoms with Gasteiger partial charge in [0.15, 0.2) is 6.61 Å².